The first-order valence-electron chi connectivity index (χ1n) is 24.2. The first-order chi connectivity index (χ1) is 33.0. The molecule has 0 unspecified atom stereocenters. The molecule has 4 N–H and O–H groups in total. The lowest BCUT2D eigenvalue weighted by molar-refractivity contribution is -0.141. The average molecular weight is 933 g/mol. The Morgan fingerprint density at radius 2 is 1.60 bits per heavy atom. The Morgan fingerprint density at radius 3 is 2.35 bits per heavy atom. The summed E-state index contributed by atoms with van der Waals surface area (Å²) in [6.07, 6.45) is 5.94. The Bertz CT molecular complexity index is 2660. The highest BCUT2D eigenvalue weighted by Gasteiger charge is 2.43. The van der Waals surface area contributed by atoms with Crippen molar-refractivity contribution in [2.75, 3.05) is 54.2 Å². The van der Waals surface area contributed by atoms with Crippen molar-refractivity contribution in [3.63, 3.8) is 0 Å². The summed E-state index contributed by atoms with van der Waals surface area (Å²) in [4.78, 5) is 74.6. The van der Waals surface area contributed by atoms with Crippen LogP contribution in [0.5, 0.6) is 5.75 Å². The number of piperidine rings is 1. The summed E-state index contributed by atoms with van der Waals surface area (Å²) in [7, 11) is 4.28. The van der Waals surface area contributed by atoms with E-state index < -0.39 is 24.3 Å². The van der Waals surface area contributed by atoms with E-state index in [4.69, 9.17) is 33.7 Å². The number of nitrogens with one attached hydrogen (secondary N) is 4. The van der Waals surface area contributed by atoms with Gasteiger partial charge in [-0.2, -0.15) is 0 Å². The number of hydrogen-bond acceptors (Lipinski definition) is 11. The molecule has 2 aromatic heterocycles. The molecule has 3 fully saturated rings. The highest BCUT2D eigenvalue weighted by Crippen LogP contribution is 2.44. The van der Waals surface area contributed by atoms with Crippen molar-refractivity contribution < 1.29 is 42.9 Å². The fourth-order valence-corrected chi connectivity index (χ4v) is 10.8. The van der Waals surface area contributed by atoms with Crippen molar-refractivity contribution in [2.24, 2.45) is 23.7 Å². The lowest BCUT2D eigenvalue weighted by atomic mass is 9.86. The Morgan fingerprint density at radius 1 is 0.838 bits per heavy atom. The van der Waals surface area contributed by atoms with E-state index in [1.165, 1.54) is 14.2 Å². The smallest absolute Gasteiger partial charge is 0.407 e. The van der Waals surface area contributed by atoms with Crippen molar-refractivity contribution >= 4 is 45.8 Å². The van der Waals surface area contributed by atoms with E-state index in [0.717, 1.165) is 80.6 Å². The lowest BCUT2D eigenvalue weighted by Crippen LogP contribution is -2.55. The van der Waals surface area contributed by atoms with Gasteiger partial charge < -0.3 is 54.1 Å². The highest BCUT2D eigenvalue weighted by molar-refractivity contribution is 6.07. The number of fused-ring (bicyclic) bond motifs is 6. The number of hydrogen-bond donors (Lipinski definition) is 4. The molecule has 4 amide bonds. The van der Waals surface area contributed by atoms with Crippen molar-refractivity contribution in [2.45, 2.75) is 96.5 Å². The Kier molecular flexibility index (Phi) is 13.9. The van der Waals surface area contributed by atoms with E-state index in [2.05, 4.69) is 63.9 Å². The van der Waals surface area contributed by atoms with Crippen LogP contribution < -0.4 is 15.4 Å². The van der Waals surface area contributed by atoms with E-state index >= 15 is 0 Å². The molecule has 0 radical (unpaired) electrons. The molecule has 0 aliphatic carbocycles. The topological polar surface area (TPSA) is 202 Å². The molecule has 17 heteroatoms. The van der Waals surface area contributed by atoms with Gasteiger partial charge in [0.05, 0.1) is 55.8 Å². The van der Waals surface area contributed by atoms with E-state index in [0.29, 0.717) is 76.9 Å². The van der Waals surface area contributed by atoms with Gasteiger partial charge in [-0.05, 0) is 96.2 Å². The number of likely N-dealkylation sites (tertiary alicyclic amines) is 2. The Labute approximate surface area is 396 Å². The third-order valence-corrected chi connectivity index (χ3v) is 14.9. The van der Waals surface area contributed by atoms with Crippen molar-refractivity contribution in [3.05, 3.63) is 65.9 Å². The number of benzene rings is 3. The number of amides is 4. The molecule has 3 aromatic carbocycles. The summed E-state index contributed by atoms with van der Waals surface area (Å²) in [5.74, 6) is 2.16. The third-order valence-electron chi connectivity index (χ3n) is 14.9. The minimum absolute atomic E-state index is 0.0621. The molecule has 9 rings (SSSR count). The molecular weight excluding hydrogens is 869 g/mol. The van der Waals surface area contributed by atoms with Crippen molar-refractivity contribution in [1.82, 2.24) is 40.4 Å². The maximum atomic E-state index is 14.6. The molecule has 0 spiro atoms. The zero-order valence-electron chi connectivity index (χ0n) is 39.9. The first kappa shape index (κ1) is 46.9. The van der Waals surface area contributed by atoms with Gasteiger partial charge >= 0.3 is 12.2 Å². The summed E-state index contributed by atoms with van der Waals surface area (Å²) in [5.41, 5.74) is 6.53. The zero-order valence-corrected chi connectivity index (χ0v) is 39.9. The number of alkyl carbamates (subject to hydrolysis) is 2. The summed E-state index contributed by atoms with van der Waals surface area (Å²) >= 11 is 0. The van der Waals surface area contributed by atoms with Crippen LogP contribution in [0.15, 0.2) is 48.7 Å². The number of rotatable bonds is 13. The molecular formula is C51H64N8O9. The van der Waals surface area contributed by atoms with Gasteiger partial charge in [-0.3, -0.25) is 9.59 Å². The van der Waals surface area contributed by atoms with Gasteiger partial charge in [0.25, 0.3) is 0 Å². The number of H-pyrrole nitrogens is 2. The fraction of sp³-hybridized carbons (Fsp3) is 0.529. The number of carbonyl (C=O) groups excluding carboxylic acids is 4. The lowest BCUT2D eigenvalue weighted by Gasteiger charge is -2.42. The monoisotopic (exact) mass is 932 g/mol. The molecule has 6 heterocycles. The summed E-state index contributed by atoms with van der Waals surface area (Å²) in [6, 6.07) is 12.6. The standard InChI is InChI=1S/C51H64N8O9/c1-7-28(3)43(56-50(62)65-5)48(60)59-25-30(26-64-4)19-41(59)46-52-23-39(54-46)33-10-12-35-34(20-33)27-68-42-22-36-32(21-37(35)42)11-13-38-45(36)55-47(53-38)40-14-9-29(8-2)24-58(40)49(61)44(57-51(63)66-6)31-15-17-67-18-16-31/h10-13,20-23,28-31,40-41,43-44H,7-9,14-19,24-27H2,1-6H3,(H,52,54)(H,53,55)(H,56,62)(H,57,63)/t28-,29-,30-,40-,41-,43-,44-/m0/s1. The SMILES string of the molecule is CC[C@H]1CC[C@@H](c2nc3c(ccc4cc5c(cc43)OCc3cc(-c4cnc([C@@H]6C[C@H](COC)CN6C(=O)[C@@H](NC(=O)OC)[C@@H](C)CC)[nH]4)ccc3-5)[nH]2)N(C(=O)[C@@H](NC(=O)OC)C2CCOCC2)C1. The van der Waals surface area contributed by atoms with Gasteiger partial charge in [-0.1, -0.05) is 51.8 Å². The van der Waals surface area contributed by atoms with Gasteiger partial charge in [0.2, 0.25) is 11.8 Å². The first-order valence-corrected chi connectivity index (χ1v) is 24.2. The second-order valence-electron chi connectivity index (χ2n) is 19.0. The maximum absolute atomic E-state index is 14.6. The van der Waals surface area contributed by atoms with Crippen molar-refractivity contribution in [3.8, 4) is 28.1 Å². The quantitative estimate of drug-likeness (QED) is 0.0897. The summed E-state index contributed by atoms with van der Waals surface area (Å²) in [6.45, 7) is 9.12. The molecule has 7 atom stereocenters. The Balaban J connectivity index is 0.975. The van der Waals surface area contributed by atoms with Gasteiger partial charge in [-0.15, -0.1) is 0 Å². The van der Waals surface area contributed by atoms with E-state index in [9.17, 15) is 19.2 Å². The molecule has 17 nitrogen and oxygen atoms in total. The summed E-state index contributed by atoms with van der Waals surface area (Å²) in [5, 5.41) is 7.62. The van der Waals surface area contributed by atoms with Gasteiger partial charge in [-0.25, -0.2) is 19.6 Å². The average Bonchev–Trinajstić information content (AvgIpc) is 4.15. The zero-order chi connectivity index (χ0) is 47.6. The molecule has 3 saturated heterocycles. The number of carbonyl (C=O) groups is 4. The second-order valence-corrected chi connectivity index (χ2v) is 19.0. The molecule has 68 heavy (non-hydrogen) atoms. The number of aromatic nitrogens is 4. The minimum Gasteiger partial charge on any atom is -0.488 e. The van der Waals surface area contributed by atoms with E-state index in [1.54, 1.807) is 7.11 Å². The number of aromatic amines is 2. The second kappa shape index (κ2) is 20.2. The predicted molar refractivity (Wildman–Crippen MR) is 255 cm³/mol. The van der Waals surface area contributed by atoms with Crippen LogP contribution in [0.3, 0.4) is 0 Å². The maximum Gasteiger partial charge on any atom is 0.407 e. The fourth-order valence-electron chi connectivity index (χ4n) is 10.8. The molecule has 4 aliphatic heterocycles. The minimum atomic E-state index is -0.743. The molecule has 4 aliphatic rings. The van der Waals surface area contributed by atoms with Crippen LogP contribution in [0, 0.1) is 23.7 Å². The molecule has 5 aromatic rings. The number of nitrogens with zero attached hydrogens (tertiary/aromatic N) is 4. The third kappa shape index (κ3) is 9.21. The molecule has 362 valence electrons. The molecule has 0 bridgehead atoms. The van der Waals surface area contributed by atoms with Crippen LogP contribution in [0.25, 0.3) is 44.2 Å². The summed E-state index contributed by atoms with van der Waals surface area (Å²) < 4.78 is 27.5. The van der Waals surface area contributed by atoms with E-state index in [1.807, 2.05) is 35.9 Å². The molecule has 0 saturated carbocycles. The van der Waals surface area contributed by atoms with Crippen LogP contribution in [0.4, 0.5) is 9.59 Å². The van der Waals surface area contributed by atoms with Crippen LogP contribution in [0.2, 0.25) is 0 Å². The van der Waals surface area contributed by atoms with Crippen molar-refractivity contribution in [1.29, 1.82) is 0 Å². The number of imidazole rings is 2. The van der Waals surface area contributed by atoms with Crippen LogP contribution in [-0.4, -0.2) is 120 Å². The number of ether oxygens (including phenoxy) is 5. The highest BCUT2D eigenvalue weighted by atomic mass is 16.5. The van der Waals surface area contributed by atoms with Gasteiger partial charge in [0.15, 0.2) is 0 Å². The van der Waals surface area contributed by atoms with Gasteiger partial charge in [0.1, 0.15) is 36.1 Å². The normalized spacial score (nSPS) is 21.9. The van der Waals surface area contributed by atoms with Crippen LogP contribution >= 0.6 is 0 Å². The van der Waals surface area contributed by atoms with Crippen LogP contribution in [-0.2, 0) is 35.1 Å². The van der Waals surface area contributed by atoms with Crippen LogP contribution in [0.1, 0.15) is 95.0 Å². The largest absolute Gasteiger partial charge is 0.488 e. The Hall–Kier alpha value is -6.20. The van der Waals surface area contributed by atoms with E-state index in [-0.39, 0.29) is 41.7 Å². The number of methoxy groups -OCH3 is 3. The predicted octanol–water partition coefficient (Wildman–Crippen LogP) is 7.81. The van der Waals surface area contributed by atoms with Gasteiger partial charge in [0, 0.05) is 50.3 Å².